The Bertz CT molecular complexity index is 410. The maximum Gasteiger partial charge on any atom is 0.0317 e. The Morgan fingerprint density at radius 2 is 1.12 bits per heavy atom. The van der Waals surface area contributed by atoms with Crippen LogP contribution in [-0.4, -0.2) is 3.42 Å². The molecule has 1 heteroatoms. The predicted molar refractivity (Wildman–Crippen MR) is 82.3 cm³/mol. The van der Waals surface area contributed by atoms with Crippen LogP contribution in [0.3, 0.4) is 0 Å². The lowest BCUT2D eigenvalue weighted by molar-refractivity contribution is -0.221. The molecule has 3 saturated carbocycles. The first-order chi connectivity index (χ1) is 7.44. The van der Waals surface area contributed by atoms with E-state index in [-0.39, 0.29) is 0 Å². The van der Waals surface area contributed by atoms with Crippen LogP contribution < -0.4 is 0 Å². The molecule has 3 rings (SSSR count). The van der Waals surface area contributed by atoms with Crippen LogP contribution in [0.1, 0.15) is 55.4 Å². The van der Waals surface area contributed by atoms with Crippen molar-refractivity contribution in [3.05, 3.63) is 0 Å². The summed E-state index contributed by atoms with van der Waals surface area (Å²) in [6, 6.07) is 0. The highest BCUT2D eigenvalue weighted by Crippen LogP contribution is 2.95. The quantitative estimate of drug-likeness (QED) is 0.420. The van der Waals surface area contributed by atoms with E-state index in [1.807, 2.05) is 0 Å². The van der Waals surface area contributed by atoms with Gasteiger partial charge in [-0.15, -0.1) is 0 Å². The SMILES string of the molecule is CC1C2C(C)C3(C)C(C)(I)C1(C)C(C)(C)C23C. The van der Waals surface area contributed by atoms with Gasteiger partial charge in [0.05, 0.1) is 0 Å². The van der Waals surface area contributed by atoms with Crippen molar-refractivity contribution >= 4 is 22.6 Å². The van der Waals surface area contributed by atoms with Crippen LogP contribution in [-0.2, 0) is 0 Å². The second-order valence-electron chi connectivity index (χ2n) is 8.34. The molecule has 0 aromatic carbocycles. The Hall–Kier alpha value is 0.730. The molecule has 2 bridgehead atoms. The molecule has 0 spiro atoms. The zero-order valence-corrected chi connectivity index (χ0v) is 14.8. The van der Waals surface area contributed by atoms with E-state index in [4.69, 9.17) is 0 Å². The number of alkyl halides is 1. The molecule has 0 nitrogen and oxygen atoms in total. The molecular weight excluding hydrogens is 319 g/mol. The van der Waals surface area contributed by atoms with Crippen molar-refractivity contribution in [2.45, 2.75) is 58.8 Å². The van der Waals surface area contributed by atoms with E-state index in [2.05, 4.69) is 78.0 Å². The summed E-state index contributed by atoms with van der Waals surface area (Å²) in [6.07, 6.45) is 0. The van der Waals surface area contributed by atoms with Crippen molar-refractivity contribution < 1.29 is 0 Å². The average Bonchev–Trinajstić information content (AvgIpc) is 2.36. The van der Waals surface area contributed by atoms with Crippen LogP contribution in [0.2, 0.25) is 0 Å². The highest BCUT2D eigenvalue weighted by Gasteiger charge is 2.93. The summed E-state index contributed by atoms with van der Waals surface area (Å²) in [5.74, 6) is 2.69. The van der Waals surface area contributed by atoms with Gasteiger partial charge in [-0.25, -0.2) is 0 Å². The number of fused-ring (bicyclic) bond motifs is 1. The maximum absolute atomic E-state index is 2.82. The van der Waals surface area contributed by atoms with Crippen LogP contribution >= 0.6 is 22.6 Å². The van der Waals surface area contributed by atoms with Crippen molar-refractivity contribution in [3.8, 4) is 0 Å². The van der Waals surface area contributed by atoms with Crippen LogP contribution in [0.25, 0.3) is 0 Å². The monoisotopic (exact) mass is 346 g/mol. The van der Waals surface area contributed by atoms with Gasteiger partial charge in [0, 0.05) is 3.42 Å². The topological polar surface area (TPSA) is 0 Å². The first-order valence-electron chi connectivity index (χ1n) is 7.13. The van der Waals surface area contributed by atoms with Crippen LogP contribution in [0.5, 0.6) is 0 Å². The van der Waals surface area contributed by atoms with E-state index in [1.165, 1.54) is 0 Å². The molecule has 7 unspecified atom stereocenters. The minimum absolute atomic E-state index is 0.420. The lowest BCUT2D eigenvalue weighted by atomic mass is 9.33. The van der Waals surface area contributed by atoms with Gasteiger partial charge in [0.25, 0.3) is 0 Å². The summed E-state index contributed by atoms with van der Waals surface area (Å²) in [4.78, 5) is 0. The minimum Gasteiger partial charge on any atom is -0.0779 e. The highest BCUT2D eigenvalue weighted by atomic mass is 127. The smallest absolute Gasteiger partial charge is 0.0317 e. The van der Waals surface area contributed by atoms with Crippen molar-refractivity contribution in [2.24, 2.45) is 39.4 Å². The summed E-state index contributed by atoms with van der Waals surface area (Å²) in [6.45, 7) is 20.5. The average molecular weight is 346 g/mol. The molecule has 7 atom stereocenters. The van der Waals surface area contributed by atoms with Gasteiger partial charge in [-0.05, 0) is 46.3 Å². The van der Waals surface area contributed by atoms with Gasteiger partial charge in [-0.3, -0.25) is 0 Å². The Balaban J connectivity index is 2.36. The summed E-state index contributed by atoms with van der Waals surface area (Å²) >= 11 is 2.82. The summed E-state index contributed by atoms with van der Waals surface area (Å²) in [5, 5.41) is 0. The largest absolute Gasteiger partial charge is 0.0779 e. The Morgan fingerprint density at radius 3 is 1.47 bits per heavy atom. The fourth-order valence-electron chi connectivity index (χ4n) is 7.52. The lowest BCUT2D eigenvalue weighted by Crippen LogP contribution is -2.71. The molecule has 0 N–H and O–H groups in total. The number of hydrogen-bond acceptors (Lipinski definition) is 0. The fraction of sp³-hybridized carbons (Fsp3) is 1.00. The maximum atomic E-state index is 2.82. The van der Waals surface area contributed by atoms with Gasteiger partial charge in [0.2, 0.25) is 0 Å². The zero-order valence-electron chi connectivity index (χ0n) is 12.6. The number of hydrogen-bond donors (Lipinski definition) is 0. The number of halogens is 1. The first-order valence-corrected chi connectivity index (χ1v) is 8.21. The Labute approximate surface area is 120 Å². The van der Waals surface area contributed by atoms with E-state index in [0.717, 1.165) is 17.8 Å². The van der Waals surface area contributed by atoms with Gasteiger partial charge >= 0.3 is 0 Å². The van der Waals surface area contributed by atoms with E-state index in [1.54, 1.807) is 0 Å². The van der Waals surface area contributed by atoms with E-state index in [0.29, 0.717) is 25.1 Å². The highest BCUT2D eigenvalue weighted by molar-refractivity contribution is 14.1. The molecular formula is C16H27I. The predicted octanol–water partition coefficient (Wildman–Crippen LogP) is 5.15. The normalized spacial score (nSPS) is 71.5. The van der Waals surface area contributed by atoms with Crippen LogP contribution in [0, 0.1) is 39.4 Å². The molecule has 17 heavy (non-hydrogen) atoms. The van der Waals surface area contributed by atoms with Crippen molar-refractivity contribution in [1.82, 2.24) is 0 Å². The Morgan fingerprint density at radius 1 is 0.706 bits per heavy atom. The molecule has 98 valence electrons. The van der Waals surface area contributed by atoms with E-state index < -0.39 is 0 Å². The Kier molecular flexibility index (Phi) is 1.97. The molecule has 3 fully saturated rings. The van der Waals surface area contributed by atoms with E-state index >= 15 is 0 Å². The second-order valence-corrected chi connectivity index (χ2v) is 10.5. The standard InChI is InChI=1S/C16H27I/c1-9-11-10(2)14(6)15(11,7)12(3,4)13(9,5)16(14,8)17/h9-11H,1-8H3. The second kappa shape index (κ2) is 2.62. The molecule has 0 aromatic heterocycles. The van der Waals surface area contributed by atoms with Crippen LogP contribution in [0.4, 0.5) is 0 Å². The summed E-state index contributed by atoms with van der Waals surface area (Å²) in [5.41, 5.74) is 1.97. The van der Waals surface area contributed by atoms with Gasteiger partial charge < -0.3 is 0 Å². The lowest BCUT2D eigenvalue weighted by Gasteiger charge is -2.73. The molecule has 3 aliphatic rings. The third-order valence-electron chi connectivity index (χ3n) is 9.19. The summed E-state index contributed by atoms with van der Waals surface area (Å²) in [7, 11) is 0. The minimum atomic E-state index is 0.420. The van der Waals surface area contributed by atoms with Crippen LogP contribution in [0.15, 0.2) is 0 Å². The first kappa shape index (κ1) is 12.7. The molecule has 0 saturated heterocycles. The zero-order chi connectivity index (χ0) is 13.2. The van der Waals surface area contributed by atoms with Gasteiger partial charge in [0.15, 0.2) is 0 Å². The van der Waals surface area contributed by atoms with Gasteiger partial charge in [0.1, 0.15) is 0 Å². The van der Waals surface area contributed by atoms with E-state index in [9.17, 15) is 0 Å². The third kappa shape index (κ3) is 0.706. The molecule has 0 aromatic rings. The van der Waals surface area contributed by atoms with Gasteiger partial charge in [-0.2, -0.15) is 0 Å². The molecule has 0 aliphatic heterocycles. The molecule has 3 aliphatic carbocycles. The molecule has 0 radical (unpaired) electrons. The molecule has 0 amide bonds. The van der Waals surface area contributed by atoms with Crippen molar-refractivity contribution in [3.63, 3.8) is 0 Å². The fourth-order valence-corrected chi connectivity index (χ4v) is 9.73. The number of rotatable bonds is 0. The third-order valence-corrected chi connectivity index (χ3v) is 11.4. The van der Waals surface area contributed by atoms with Gasteiger partial charge in [-0.1, -0.05) is 71.1 Å². The van der Waals surface area contributed by atoms with Crippen molar-refractivity contribution in [2.75, 3.05) is 0 Å². The molecule has 0 heterocycles. The summed E-state index contributed by atoms with van der Waals surface area (Å²) < 4.78 is 0.420. The van der Waals surface area contributed by atoms with Crippen molar-refractivity contribution in [1.29, 1.82) is 0 Å².